The normalized spacial score (nSPS) is 11.4. The average molecular weight is 312 g/mol. The van der Waals surface area contributed by atoms with Crippen LogP contribution in [0.3, 0.4) is 0 Å². The molecule has 0 aromatic heterocycles. The molecule has 0 fully saturated rings. The van der Waals surface area contributed by atoms with Crippen LogP contribution in [0.25, 0.3) is 0 Å². The summed E-state index contributed by atoms with van der Waals surface area (Å²) >= 11 is 0. The summed E-state index contributed by atoms with van der Waals surface area (Å²) in [5.74, 6) is -2.37. The molecule has 4 nitrogen and oxygen atoms in total. The molecule has 0 atom stereocenters. The Labute approximate surface area is 121 Å². The first-order valence-electron chi connectivity index (χ1n) is 6.11. The van der Waals surface area contributed by atoms with Crippen LogP contribution in [0.5, 0.6) is 0 Å². The van der Waals surface area contributed by atoms with Gasteiger partial charge >= 0.3 is 0 Å². The molecule has 21 heavy (non-hydrogen) atoms. The van der Waals surface area contributed by atoms with Crippen LogP contribution in [0.1, 0.15) is 11.1 Å². The van der Waals surface area contributed by atoms with Gasteiger partial charge in [-0.1, -0.05) is 12.1 Å². The van der Waals surface area contributed by atoms with E-state index in [2.05, 4.69) is 0 Å². The monoisotopic (exact) mass is 312 g/mol. The number of hydrogen-bond acceptors (Lipinski definition) is 3. The maximum atomic E-state index is 13.5. The molecule has 0 spiro atoms. The van der Waals surface area contributed by atoms with Crippen LogP contribution >= 0.6 is 0 Å². The third kappa shape index (κ3) is 3.20. The van der Waals surface area contributed by atoms with Gasteiger partial charge in [0.1, 0.15) is 0 Å². The van der Waals surface area contributed by atoms with Crippen molar-refractivity contribution in [2.75, 3.05) is 4.72 Å². The first-order chi connectivity index (χ1) is 9.85. The van der Waals surface area contributed by atoms with E-state index < -0.39 is 27.3 Å². The van der Waals surface area contributed by atoms with Gasteiger partial charge in [-0.2, -0.15) is 0 Å². The second-order valence-electron chi connectivity index (χ2n) is 4.50. The topological polar surface area (TPSA) is 72.2 Å². The van der Waals surface area contributed by atoms with Gasteiger partial charge in [0.15, 0.2) is 11.6 Å². The molecule has 0 saturated carbocycles. The Morgan fingerprint density at radius 2 is 1.90 bits per heavy atom. The fourth-order valence-corrected chi connectivity index (χ4v) is 2.93. The smallest absolute Gasteiger partial charge is 0.261 e. The van der Waals surface area contributed by atoms with E-state index in [1.807, 2.05) is 4.72 Å². The van der Waals surface area contributed by atoms with Crippen LogP contribution in [-0.2, 0) is 16.6 Å². The van der Waals surface area contributed by atoms with E-state index in [9.17, 15) is 17.2 Å². The molecule has 0 heterocycles. The molecule has 0 radical (unpaired) electrons. The zero-order chi connectivity index (χ0) is 15.6. The minimum absolute atomic E-state index is 0.0581. The van der Waals surface area contributed by atoms with Gasteiger partial charge < -0.3 is 5.73 Å². The van der Waals surface area contributed by atoms with E-state index in [1.54, 1.807) is 13.0 Å². The minimum atomic E-state index is -4.01. The van der Waals surface area contributed by atoms with Crippen molar-refractivity contribution in [2.24, 2.45) is 5.73 Å². The SMILES string of the molecule is Cc1ccc(S(=O)(=O)Nc2cccc(F)c2F)cc1CN. The number of rotatable bonds is 4. The lowest BCUT2D eigenvalue weighted by molar-refractivity contribution is 0.511. The van der Waals surface area contributed by atoms with Gasteiger partial charge in [0.05, 0.1) is 10.6 Å². The van der Waals surface area contributed by atoms with Gasteiger partial charge in [0.25, 0.3) is 10.0 Å². The number of anilines is 1. The summed E-state index contributed by atoms with van der Waals surface area (Å²) in [7, 11) is -4.01. The van der Waals surface area contributed by atoms with Crippen molar-refractivity contribution in [2.45, 2.75) is 18.4 Å². The van der Waals surface area contributed by atoms with Crippen LogP contribution in [-0.4, -0.2) is 8.42 Å². The third-order valence-electron chi connectivity index (χ3n) is 3.05. The summed E-state index contributed by atoms with van der Waals surface area (Å²) < 4.78 is 53.1. The number of benzene rings is 2. The van der Waals surface area contributed by atoms with E-state index >= 15 is 0 Å². The Morgan fingerprint density at radius 3 is 2.57 bits per heavy atom. The number of nitrogens with two attached hydrogens (primary N) is 1. The first kappa shape index (κ1) is 15.4. The van der Waals surface area contributed by atoms with Gasteiger partial charge in [-0.3, -0.25) is 4.72 Å². The highest BCUT2D eigenvalue weighted by molar-refractivity contribution is 7.92. The van der Waals surface area contributed by atoms with Crippen molar-refractivity contribution in [3.63, 3.8) is 0 Å². The standard InChI is InChI=1S/C14H14F2N2O2S/c1-9-5-6-11(7-10(9)8-17)21(19,20)18-13-4-2-3-12(15)14(13)16/h2-7,18H,8,17H2,1H3. The van der Waals surface area contributed by atoms with Crippen molar-refractivity contribution >= 4 is 15.7 Å². The molecular weight excluding hydrogens is 298 g/mol. The summed E-state index contributed by atoms with van der Waals surface area (Å²) in [5.41, 5.74) is 6.61. The fourth-order valence-electron chi connectivity index (χ4n) is 1.82. The molecule has 0 saturated heterocycles. The van der Waals surface area contributed by atoms with Crippen LogP contribution in [0.4, 0.5) is 14.5 Å². The summed E-state index contributed by atoms with van der Waals surface area (Å²) in [6.45, 7) is 1.99. The lowest BCUT2D eigenvalue weighted by atomic mass is 10.1. The minimum Gasteiger partial charge on any atom is -0.326 e. The number of sulfonamides is 1. The number of nitrogens with one attached hydrogen (secondary N) is 1. The van der Waals surface area contributed by atoms with Gasteiger partial charge in [0, 0.05) is 6.54 Å². The summed E-state index contributed by atoms with van der Waals surface area (Å²) in [6, 6.07) is 7.68. The molecule has 3 N–H and O–H groups in total. The Balaban J connectivity index is 2.41. The average Bonchev–Trinajstić information content (AvgIpc) is 2.44. The second-order valence-corrected chi connectivity index (χ2v) is 6.18. The van der Waals surface area contributed by atoms with Crippen molar-refractivity contribution in [1.29, 1.82) is 0 Å². The van der Waals surface area contributed by atoms with Crippen molar-refractivity contribution < 1.29 is 17.2 Å². The Morgan fingerprint density at radius 1 is 1.19 bits per heavy atom. The molecule has 0 aliphatic carbocycles. The lowest BCUT2D eigenvalue weighted by Gasteiger charge is -2.11. The van der Waals surface area contributed by atoms with E-state index in [-0.39, 0.29) is 11.4 Å². The van der Waals surface area contributed by atoms with E-state index in [0.717, 1.165) is 17.7 Å². The maximum absolute atomic E-state index is 13.5. The molecule has 2 aromatic carbocycles. The van der Waals surface area contributed by atoms with E-state index in [0.29, 0.717) is 5.56 Å². The number of hydrogen-bond donors (Lipinski definition) is 2. The van der Waals surface area contributed by atoms with Gasteiger partial charge in [-0.25, -0.2) is 17.2 Å². The maximum Gasteiger partial charge on any atom is 0.261 e. The highest BCUT2D eigenvalue weighted by atomic mass is 32.2. The number of aryl methyl sites for hydroxylation is 1. The Hall–Kier alpha value is -1.99. The summed E-state index contributed by atoms with van der Waals surface area (Å²) in [4.78, 5) is -0.0581. The Bertz CT molecular complexity index is 777. The largest absolute Gasteiger partial charge is 0.326 e. The zero-order valence-corrected chi connectivity index (χ0v) is 12.0. The van der Waals surface area contributed by atoms with Crippen LogP contribution in [0, 0.1) is 18.6 Å². The van der Waals surface area contributed by atoms with Gasteiger partial charge in [0.2, 0.25) is 0 Å². The molecule has 0 aliphatic heterocycles. The number of halogens is 2. The molecule has 0 bridgehead atoms. The predicted molar refractivity (Wildman–Crippen MR) is 76.2 cm³/mol. The second kappa shape index (κ2) is 5.79. The quantitative estimate of drug-likeness (QED) is 0.911. The highest BCUT2D eigenvalue weighted by Crippen LogP contribution is 2.22. The van der Waals surface area contributed by atoms with Gasteiger partial charge in [-0.05, 0) is 42.3 Å². The predicted octanol–water partition coefficient (Wildman–Crippen LogP) is 2.53. The Kier molecular flexibility index (Phi) is 4.24. The van der Waals surface area contributed by atoms with Crippen molar-refractivity contribution in [1.82, 2.24) is 0 Å². The first-order valence-corrected chi connectivity index (χ1v) is 7.60. The zero-order valence-electron chi connectivity index (χ0n) is 11.2. The van der Waals surface area contributed by atoms with Crippen LogP contribution in [0.2, 0.25) is 0 Å². The fraction of sp³-hybridized carbons (Fsp3) is 0.143. The molecule has 7 heteroatoms. The molecular formula is C14H14F2N2O2S. The third-order valence-corrected chi connectivity index (χ3v) is 4.41. The molecule has 112 valence electrons. The molecule has 2 aromatic rings. The van der Waals surface area contributed by atoms with Crippen LogP contribution < -0.4 is 10.5 Å². The van der Waals surface area contributed by atoms with Crippen LogP contribution in [0.15, 0.2) is 41.3 Å². The molecule has 0 amide bonds. The highest BCUT2D eigenvalue weighted by Gasteiger charge is 2.18. The van der Waals surface area contributed by atoms with Crippen molar-refractivity contribution in [3.05, 3.63) is 59.2 Å². The van der Waals surface area contributed by atoms with E-state index in [1.165, 1.54) is 18.2 Å². The van der Waals surface area contributed by atoms with Crippen molar-refractivity contribution in [3.8, 4) is 0 Å². The summed E-state index contributed by atoms with van der Waals surface area (Å²) in [6.07, 6.45) is 0. The van der Waals surface area contributed by atoms with Gasteiger partial charge in [-0.15, -0.1) is 0 Å². The molecule has 0 aliphatic rings. The van der Waals surface area contributed by atoms with E-state index in [4.69, 9.17) is 5.73 Å². The molecule has 2 rings (SSSR count). The lowest BCUT2D eigenvalue weighted by Crippen LogP contribution is -2.15. The summed E-state index contributed by atoms with van der Waals surface area (Å²) in [5, 5.41) is 0. The molecule has 0 unspecified atom stereocenters.